The van der Waals surface area contributed by atoms with Gasteiger partial charge in [0.15, 0.2) is 5.69 Å². The van der Waals surface area contributed by atoms with Crippen LogP contribution in [0.25, 0.3) is 0 Å². The fourth-order valence-electron chi connectivity index (χ4n) is 1.35. The fourth-order valence-corrected chi connectivity index (χ4v) is 1.35. The lowest BCUT2D eigenvalue weighted by molar-refractivity contribution is -0.137. The van der Waals surface area contributed by atoms with Crippen molar-refractivity contribution >= 4 is 11.9 Å². The first-order valence-corrected chi connectivity index (χ1v) is 5.45. The van der Waals surface area contributed by atoms with Crippen LogP contribution in [0.3, 0.4) is 0 Å². The van der Waals surface area contributed by atoms with Gasteiger partial charge in [-0.25, -0.2) is 0 Å². The van der Waals surface area contributed by atoms with Crippen LogP contribution in [0.5, 0.6) is 0 Å². The zero-order valence-corrected chi connectivity index (χ0v) is 9.64. The highest BCUT2D eigenvalue weighted by Crippen LogP contribution is 2.09. The largest absolute Gasteiger partial charge is 0.481 e. The average Bonchev–Trinajstić information content (AvgIpc) is 2.79. The van der Waals surface area contributed by atoms with Gasteiger partial charge < -0.3 is 10.4 Å². The molecule has 0 radical (unpaired) electrons. The number of nitrogens with zero attached hydrogens (tertiary/aromatic N) is 2. The molecule has 0 fully saturated rings. The molecule has 0 aliphatic carbocycles. The molecule has 7 nitrogen and oxygen atoms in total. The van der Waals surface area contributed by atoms with E-state index in [0.29, 0.717) is 13.0 Å². The second-order valence-electron chi connectivity index (χ2n) is 3.94. The first-order chi connectivity index (χ1) is 8.09. The lowest BCUT2D eigenvalue weighted by Crippen LogP contribution is -2.26. The van der Waals surface area contributed by atoms with Gasteiger partial charge in [0.25, 0.3) is 5.91 Å². The van der Waals surface area contributed by atoms with E-state index in [2.05, 4.69) is 20.7 Å². The molecule has 1 amide bonds. The van der Waals surface area contributed by atoms with E-state index in [1.165, 1.54) is 6.20 Å². The van der Waals surface area contributed by atoms with Gasteiger partial charge in [-0.05, 0) is 18.8 Å². The van der Waals surface area contributed by atoms with Gasteiger partial charge in [-0.2, -0.15) is 15.4 Å². The highest BCUT2D eigenvalue weighted by atomic mass is 16.4. The number of aliphatic carboxylic acids is 1. The van der Waals surface area contributed by atoms with Crippen LogP contribution in [0, 0.1) is 5.92 Å². The molecule has 17 heavy (non-hydrogen) atoms. The van der Waals surface area contributed by atoms with E-state index in [0.717, 1.165) is 6.42 Å². The molecule has 0 aliphatic heterocycles. The van der Waals surface area contributed by atoms with Crippen LogP contribution < -0.4 is 5.32 Å². The maximum atomic E-state index is 11.4. The molecular weight excluding hydrogens is 224 g/mol. The summed E-state index contributed by atoms with van der Waals surface area (Å²) in [5, 5.41) is 20.7. The number of rotatable bonds is 7. The summed E-state index contributed by atoms with van der Waals surface area (Å²) in [7, 11) is 0. The summed E-state index contributed by atoms with van der Waals surface area (Å²) in [6, 6.07) is 0. The van der Waals surface area contributed by atoms with Crippen LogP contribution in [0.1, 0.15) is 36.7 Å². The van der Waals surface area contributed by atoms with Gasteiger partial charge in [-0.3, -0.25) is 9.59 Å². The number of carbonyl (C=O) groups excluding carboxylic acids is 1. The Morgan fingerprint density at radius 3 is 2.88 bits per heavy atom. The molecule has 1 rings (SSSR count). The number of hydrogen-bond donors (Lipinski definition) is 3. The molecule has 1 aromatic rings. The second kappa shape index (κ2) is 6.62. The van der Waals surface area contributed by atoms with Crippen molar-refractivity contribution in [1.29, 1.82) is 0 Å². The number of aromatic amines is 1. The maximum absolute atomic E-state index is 11.4. The van der Waals surface area contributed by atoms with E-state index in [9.17, 15) is 9.59 Å². The molecule has 0 spiro atoms. The van der Waals surface area contributed by atoms with E-state index in [4.69, 9.17) is 5.11 Å². The monoisotopic (exact) mass is 240 g/mol. The Morgan fingerprint density at radius 1 is 1.53 bits per heavy atom. The van der Waals surface area contributed by atoms with E-state index in [1.54, 1.807) is 0 Å². The molecule has 0 saturated heterocycles. The molecule has 1 aromatic heterocycles. The van der Waals surface area contributed by atoms with Crippen LogP contribution >= 0.6 is 0 Å². The Labute approximate surface area is 98.6 Å². The van der Waals surface area contributed by atoms with Gasteiger partial charge in [0, 0.05) is 13.0 Å². The lowest BCUT2D eigenvalue weighted by Gasteiger charge is -2.09. The zero-order valence-electron chi connectivity index (χ0n) is 9.64. The molecule has 0 bridgehead atoms. The van der Waals surface area contributed by atoms with Crippen molar-refractivity contribution in [2.24, 2.45) is 5.92 Å². The Balaban J connectivity index is 2.15. The van der Waals surface area contributed by atoms with E-state index >= 15 is 0 Å². The highest BCUT2D eigenvalue weighted by Gasteiger charge is 2.09. The Hall–Kier alpha value is -1.92. The summed E-state index contributed by atoms with van der Waals surface area (Å²) in [5.74, 6) is -0.795. The highest BCUT2D eigenvalue weighted by molar-refractivity contribution is 5.91. The minimum atomic E-state index is -0.788. The first-order valence-electron chi connectivity index (χ1n) is 5.45. The van der Waals surface area contributed by atoms with Crippen molar-refractivity contribution in [3.05, 3.63) is 11.9 Å². The number of carboxylic acids is 1. The topological polar surface area (TPSA) is 108 Å². The minimum absolute atomic E-state index is 0.165. The van der Waals surface area contributed by atoms with Gasteiger partial charge in [0.2, 0.25) is 0 Å². The number of aromatic nitrogens is 3. The molecule has 1 heterocycles. The SMILES string of the molecule is CC(CCNC(=O)c1cn[nH]n1)CCC(=O)O. The summed E-state index contributed by atoms with van der Waals surface area (Å²) in [5.41, 5.74) is 0.253. The van der Waals surface area contributed by atoms with Gasteiger partial charge in [0.05, 0.1) is 6.20 Å². The predicted molar refractivity (Wildman–Crippen MR) is 59.4 cm³/mol. The molecular formula is C10H16N4O3. The summed E-state index contributed by atoms with van der Waals surface area (Å²) >= 11 is 0. The molecule has 94 valence electrons. The van der Waals surface area contributed by atoms with Gasteiger partial charge in [-0.15, -0.1) is 0 Å². The number of carbonyl (C=O) groups is 2. The van der Waals surface area contributed by atoms with Crippen molar-refractivity contribution in [3.63, 3.8) is 0 Å². The Bertz CT molecular complexity index is 364. The number of nitrogens with one attached hydrogen (secondary N) is 2. The average molecular weight is 240 g/mol. The number of amides is 1. The molecule has 1 unspecified atom stereocenters. The van der Waals surface area contributed by atoms with Crippen molar-refractivity contribution in [2.45, 2.75) is 26.2 Å². The van der Waals surface area contributed by atoms with Crippen LogP contribution in [0.2, 0.25) is 0 Å². The predicted octanol–water partition coefficient (Wildman–Crippen LogP) is 0.425. The van der Waals surface area contributed by atoms with Gasteiger partial charge >= 0.3 is 5.97 Å². The van der Waals surface area contributed by atoms with Gasteiger partial charge in [-0.1, -0.05) is 6.92 Å². The molecule has 3 N–H and O–H groups in total. The maximum Gasteiger partial charge on any atom is 0.303 e. The quantitative estimate of drug-likeness (QED) is 0.640. The lowest BCUT2D eigenvalue weighted by atomic mass is 10.0. The van der Waals surface area contributed by atoms with Crippen LogP contribution in [-0.4, -0.2) is 38.9 Å². The fraction of sp³-hybridized carbons (Fsp3) is 0.600. The third-order valence-corrected chi connectivity index (χ3v) is 2.42. The van der Waals surface area contributed by atoms with Crippen LogP contribution in [0.15, 0.2) is 6.20 Å². The molecule has 0 aliphatic rings. The van der Waals surface area contributed by atoms with E-state index < -0.39 is 5.97 Å². The molecule has 7 heteroatoms. The van der Waals surface area contributed by atoms with Crippen LogP contribution in [-0.2, 0) is 4.79 Å². The zero-order chi connectivity index (χ0) is 12.7. The standard InChI is InChI=1S/C10H16N4O3/c1-7(2-3-9(15)16)4-5-11-10(17)8-6-12-14-13-8/h6-7H,2-5H2,1H3,(H,11,17)(H,15,16)(H,12,13,14). The smallest absolute Gasteiger partial charge is 0.303 e. The summed E-state index contributed by atoms with van der Waals surface area (Å²) < 4.78 is 0. The summed E-state index contributed by atoms with van der Waals surface area (Å²) in [4.78, 5) is 21.8. The number of hydrogen-bond acceptors (Lipinski definition) is 4. The van der Waals surface area contributed by atoms with Gasteiger partial charge in [0.1, 0.15) is 0 Å². The van der Waals surface area contributed by atoms with E-state index in [-0.39, 0.29) is 23.9 Å². The molecule has 1 atom stereocenters. The third-order valence-electron chi connectivity index (χ3n) is 2.42. The third kappa shape index (κ3) is 5.10. The van der Waals surface area contributed by atoms with Crippen LogP contribution in [0.4, 0.5) is 0 Å². The Morgan fingerprint density at radius 2 is 2.29 bits per heavy atom. The van der Waals surface area contributed by atoms with Crippen molar-refractivity contribution in [1.82, 2.24) is 20.7 Å². The summed E-state index contributed by atoms with van der Waals surface area (Å²) in [6.07, 6.45) is 2.88. The normalized spacial score (nSPS) is 12.1. The number of H-pyrrole nitrogens is 1. The second-order valence-corrected chi connectivity index (χ2v) is 3.94. The molecule has 0 saturated carbocycles. The molecule has 0 aromatic carbocycles. The van der Waals surface area contributed by atoms with Crippen molar-refractivity contribution < 1.29 is 14.7 Å². The van der Waals surface area contributed by atoms with Crippen molar-refractivity contribution in [3.8, 4) is 0 Å². The summed E-state index contributed by atoms with van der Waals surface area (Å²) in [6.45, 7) is 2.47. The Kier molecular flexibility index (Phi) is 5.12. The first kappa shape index (κ1) is 13.1. The van der Waals surface area contributed by atoms with E-state index in [1.807, 2.05) is 6.92 Å². The minimum Gasteiger partial charge on any atom is -0.481 e. The van der Waals surface area contributed by atoms with Crippen molar-refractivity contribution in [2.75, 3.05) is 6.54 Å². The number of carboxylic acid groups (broad SMARTS) is 1.